The minimum absolute atomic E-state index is 0.109. The number of nitrogens with zero attached hydrogens (tertiary/aromatic N) is 1. The number of aryl methyl sites for hydroxylation is 1. The van der Waals surface area contributed by atoms with Crippen LogP contribution >= 0.6 is 15.9 Å². The minimum atomic E-state index is -3.91. The second-order valence-corrected chi connectivity index (χ2v) is 8.80. The molecule has 0 radical (unpaired) electrons. The fourth-order valence-corrected chi connectivity index (χ4v) is 4.04. The number of hydrogen-bond acceptors (Lipinski definition) is 4. The number of carbonyl (C=O) groups is 1. The number of carbonyl (C=O) groups excluding carboxylic acids is 1. The quantitative estimate of drug-likeness (QED) is 0.607. The number of esters is 1. The lowest BCUT2D eigenvalue weighted by molar-refractivity contribution is -0.145. The highest BCUT2D eigenvalue weighted by Gasteiger charge is 2.28. The van der Waals surface area contributed by atoms with Crippen LogP contribution in [0.15, 0.2) is 57.9 Å². The zero-order valence-corrected chi connectivity index (χ0v) is 17.4. The van der Waals surface area contributed by atoms with E-state index in [4.69, 9.17) is 4.74 Å². The van der Waals surface area contributed by atoms with E-state index >= 15 is 0 Å². The van der Waals surface area contributed by atoms with E-state index in [1.807, 2.05) is 19.1 Å². The Bertz CT molecular complexity index is 846. The molecule has 0 aliphatic rings. The number of anilines is 1. The minimum Gasteiger partial charge on any atom is -0.462 e. The molecule has 5 nitrogen and oxygen atoms in total. The van der Waals surface area contributed by atoms with Crippen molar-refractivity contribution < 1.29 is 17.9 Å². The molecule has 2 rings (SSSR count). The fourth-order valence-electron chi connectivity index (χ4n) is 2.36. The van der Waals surface area contributed by atoms with Gasteiger partial charge in [-0.1, -0.05) is 35.0 Å². The number of halogens is 1. The Labute approximate surface area is 163 Å². The molecule has 0 fully saturated rings. The molecule has 2 aromatic carbocycles. The molecule has 0 aromatic heterocycles. The van der Waals surface area contributed by atoms with Gasteiger partial charge in [-0.2, -0.15) is 0 Å². The molecule has 0 N–H and O–H groups in total. The summed E-state index contributed by atoms with van der Waals surface area (Å²) >= 11 is 3.29. The van der Waals surface area contributed by atoms with Crippen LogP contribution in [-0.2, 0) is 26.0 Å². The Hall–Kier alpha value is -1.86. The number of benzene rings is 2. The summed E-state index contributed by atoms with van der Waals surface area (Å²) in [6.07, 6.45) is 0.525. The summed E-state index contributed by atoms with van der Waals surface area (Å²) in [6, 6.07) is 13.4. The van der Waals surface area contributed by atoms with Crippen molar-refractivity contribution in [1.29, 1.82) is 0 Å². The van der Waals surface area contributed by atoms with Crippen LogP contribution in [0.5, 0.6) is 0 Å². The Morgan fingerprint density at radius 2 is 1.65 bits per heavy atom. The van der Waals surface area contributed by atoms with Gasteiger partial charge in [0.1, 0.15) is 6.54 Å². The van der Waals surface area contributed by atoms with Gasteiger partial charge in [0.05, 0.1) is 16.7 Å². The van der Waals surface area contributed by atoms with E-state index < -0.39 is 16.0 Å². The zero-order valence-electron chi connectivity index (χ0n) is 15.0. The monoisotopic (exact) mass is 439 g/mol. The summed E-state index contributed by atoms with van der Waals surface area (Å²) in [4.78, 5) is 12.3. The lowest BCUT2D eigenvalue weighted by atomic mass is 10.1. The van der Waals surface area contributed by atoms with Crippen LogP contribution in [0.25, 0.3) is 0 Å². The predicted molar refractivity (Wildman–Crippen MR) is 106 cm³/mol. The first-order chi connectivity index (χ1) is 12.2. The van der Waals surface area contributed by atoms with Crippen LogP contribution in [0.2, 0.25) is 0 Å². The zero-order chi connectivity index (χ0) is 19.3. The summed E-state index contributed by atoms with van der Waals surface area (Å²) < 4.78 is 33.2. The molecule has 2 aromatic rings. The normalized spacial score (nSPS) is 11.4. The molecule has 0 aliphatic heterocycles. The molecular weight excluding hydrogens is 418 g/mol. The van der Waals surface area contributed by atoms with Gasteiger partial charge in [-0.3, -0.25) is 9.10 Å². The van der Waals surface area contributed by atoms with Gasteiger partial charge in [0.25, 0.3) is 10.0 Å². The Morgan fingerprint density at radius 1 is 1.08 bits per heavy atom. The van der Waals surface area contributed by atoms with Crippen LogP contribution < -0.4 is 4.31 Å². The van der Waals surface area contributed by atoms with Crippen molar-refractivity contribution >= 4 is 37.6 Å². The summed E-state index contributed by atoms with van der Waals surface area (Å²) in [7, 11) is -3.91. The summed E-state index contributed by atoms with van der Waals surface area (Å²) in [5.41, 5.74) is 1.50. The van der Waals surface area contributed by atoms with Gasteiger partial charge in [-0.25, -0.2) is 8.42 Å². The molecule has 26 heavy (non-hydrogen) atoms. The van der Waals surface area contributed by atoms with Gasteiger partial charge in [0, 0.05) is 4.47 Å². The highest BCUT2D eigenvalue weighted by molar-refractivity contribution is 9.10. The molecule has 0 saturated heterocycles. The maximum atomic E-state index is 13.1. The number of sulfonamides is 1. The highest BCUT2D eigenvalue weighted by atomic mass is 79.9. The molecule has 0 atom stereocenters. The van der Waals surface area contributed by atoms with Crippen LogP contribution in [0.3, 0.4) is 0 Å². The molecular formula is C19H22BrNO4S. The van der Waals surface area contributed by atoms with Gasteiger partial charge >= 0.3 is 5.97 Å². The SMILES string of the molecule is CCc1ccc(N(CC(=O)OC(C)C)S(=O)(=O)c2ccc(Br)cc2)cc1. The van der Waals surface area contributed by atoms with Gasteiger partial charge in [-0.05, 0) is 62.2 Å². The molecule has 0 amide bonds. The third kappa shape index (κ3) is 5.08. The third-order valence-electron chi connectivity index (χ3n) is 3.67. The van der Waals surface area contributed by atoms with E-state index in [1.54, 1.807) is 38.1 Å². The van der Waals surface area contributed by atoms with E-state index in [0.29, 0.717) is 5.69 Å². The van der Waals surface area contributed by atoms with Crippen LogP contribution in [-0.4, -0.2) is 27.0 Å². The molecule has 0 aliphatic carbocycles. The van der Waals surface area contributed by atoms with Crippen molar-refractivity contribution in [2.24, 2.45) is 0 Å². The van der Waals surface area contributed by atoms with Crippen LogP contribution in [0, 0.1) is 0 Å². The van der Waals surface area contributed by atoms with Crippen molar-refractivity contribution in [3.63, 3.8) is 0 Å². The average molecular weight is 440 g/mol. The first-order valence-electron chi connectivity index (χ1n) is 8.30. The third-order valence-corrected chi connectivity index (χ3v) is 5.99. The topological polar surface area (TPSA) is 63.7 Å². The molecule has 0 heterocycles. The molecule has 7 heteroatoms. The van der Waals surface area contributed by atoms with Crippen LogP contribution in [0.1, 0.15) is 26.3 Å². The maximum Gasteiger partial charge on any atom is 0.327 e. The summed E-state index contributed by atoms with van der Waals surface area (Å²) in [6.45, 7) is 5.08. The van der Waals surface area contributed by atoms with E-state index in [9.17, 15) is 13.2 Å². The Morgan fingerprint density at radius 3 is 2.15 bits per heavy atom. The molecule has 0 saturated carbocycles. The van der Waals surface area contributed by atoms with Gasteiger partial charge in [0.15, 0.2) is 0 Å². The summed E-state index contributed by atoms with van der Waals surface area (Å²) in [5, 5.41) is 0. The number of rotatable bonds is 7. The van der Waals surface area contributed by atoms with Crippen LogP contribution in [0.4, 0.5) is 5.69 Å². The smallest absolute Gasteiger partial charge is 0.327 e. The van der Waals surface area contributed by atoms with Crippen molar-refractivity contribution in [3.05, 3.63) is 58.6 Å². The first-order valence-corrected chi connectivity index (χ1v) is 10.5. The largest absolute Gasteiger partial charge is 0.462 e. The molecule has 0 spiro atoms. The van der Waals surface area contributed by atoms with E-state index in [-0.39, 0.29) is 17.5 Å². The van der Waals surface area contributed by atoms with Crippen molar-refractivity contribution in [2.75, 3.05) is 10.8 Å². The Balaban J connectivity index is 2.44. The molecule has 0 unspecified atom stereocenters. The van der Waals surface area contributed by atoms with E-state index in [0.717, 1.165) is 20.8 Å². The van der Waals surface area contributed by atoms with Gasteiger partial charge in [-0.15, -0.1) is 0 Å². The second kappa shape index (κ2) is 8.68. The second-order valence-electron chi connectivity index (χ2n) is 6.02. The van der Waals surface area contributed by atoms with Gasteiger partial charge in [0.2, 0.25) is 0 Å². The lowest BCUT2D eigenvalue weighted by Gasteiger charge is -2.24. The van der Waals surface area contributed by atoms with Crippen molar-refractivity contribution in [2.45, 2.75) is 38.2 Å². The lowest BCUT2D eigenvalue weighted by Crippen LogP contribution is -2.37. The summed E-state index contributed by atoms with van der Waals surface area (Å²) in [5.74, 6) is -0.597. The van der Waals surface area contributed by atoms with E-state index in [1.165, 1.54) is 12.1 Å². The standard InChI is InChI=1S/C19H22BrNO4S/c1-4-15-5-9-17(10-6-15)21(13-19(22)25-14(2)3)26(23,24)18-11-7-16(20)8-12-18/h5-12,14H,4,13H2,1-3H3. The maximum absolute atomic E-state index is 13.1. The number of ether oxygens (including phenoxy) is 1. The van der Waals surface area contributed by atoms with Crippen molar-refractivity contribution in [1.82, 2.24) is 0 Å². The highest BCUT2D eigenvalue weighted by Crippen LogP contribution is 2.25. The first kappa shape index (κ1) is 20.5. The predicted octanol–water partition coefficient (Wildman–Crippen LogP) is 4.16. The molecule has 140 valence electrons. The van der Waals surface area contributed by atoms with E-state index in [2.05, 4.69) is 15.9 Å². The fraction of sp³-hybridized carbons (Fsp3) is 0.316. The average Bonchev–Trinajstić information content (AvgIpc) is 2.59. The number of hydrogen-bond donors (Lipinski definition) is 0. The molecule has 0 bridgehead atoms. The van der Waals surface area contributed by atoms with Crippen molar-refractivity contribution in [3.8, 4) is 0 Å². The van der Waals surface area contributed by atoms with Gasteiger partial charge < -0.3 is 4.74 Å². The Kier molecular flexibility index (Phi) is 6.83.